The monoisotopic (exact) mass is 972 g/mol. The van der Waals surface area contributed by atoms with Crippen LogP contribution in [0.4, 0.5) is 34.1 Å². The van der Waals surface area contributed by atoms with Crippen LogP contribution in [0.5, 0.6) is 0 Å². The number of nitrogens with zero attached hydrogens (tertiary/aromatic N) is 2. The topological polar surface area (TPSA) is 6.48 Å². The Hall–Kier alpha value is -9.28. The molecule has 1 atom stereocenters. The van der Waals surface area contributed by atoms with E-state index in [1.54, 1.807) is 0 Å². The van der Waals surface area contributed by atoms with Crippen LogP contribution in [-0.4, -0.2) is 0 Å². The highest BCUT2D eigenvalue weighted by atomic mass is 32.1. The molecule has 0 saturated carbocycles. The molecule has 2 heterocycles. The Bertz CT molecular complexity index is 4390. The second-order valence-electron chi connectivity index (χ2n) is 20.3. The smallest absolute Gasteiger partial charge is 0.0488 e. The highest BCUT2D eigenvalue weighted by Gasteiger charge is 2.42. The lowest BCUT2D eigenvalue weighted by Crippen LogP contribution is -2.22. The minimum absolute atomic E-state index is 0.455. The minimum Gasteiger partial charge on any atom is -0.310 e. The van der Waals surface area contributed by atoms with Gasteiger partial charge in [0.1, 0.15) is 0 Å². The summed E-state index contributed by atoms with van der Waals surface area (Å²) in [6, 6.07) is 102. The summed E-state index contributed by atoms with van der Waals surface area (Å²) in [7, 11) is 0. The highest BCUT2D eigenvalue weighted by molar-refractivity contribution is 7.25. The molecule has 75 heavy (non-hydrogen) atoms. The van der Waals surface area contributed by atoms with Crippen molar-refractivity contribution < 1.29 is 0 Å². The van der Waals surface area contributed by atoms with Crippen molar-refractivity contribution >= 4 is 76.4 Å². The summed E-state index contributed by atoms with van der Waals surface area (Å²) in [4.78, 5) is 4.94. The molecule has 8 bridgehead atoms. The fourth-order valence-electron chi connectivity index (χ4n) is 12.2. The van der Waals surface area contributed by atoms with Gasteiger partial charge in [-0.2, -0.15) is 0 Å². The van der Waals surface area contributed by atoms with Gasteiger partial charge in [0.2, 0.25) is 0 Å². The Morgan fingerprint density at radius 3 is 1.67 bits per heavy atom. The number of fused-ring (bicyclic) bond motifs is 17. The third-order valence-electron chi connectivity index (χ3n) is 15.9. The van der Waals surface area contributed by atoms with Crippen molar-refractivity contribution in [2.24, 2.45) is 0 Å². The van der Waals surface area contributed by atoms with Crippen LogP contribution < -0.4 is 9.80 Å². The predicted octanol–water partition coefficient (Wildman–Crippen LogP) is 20.5. The first kappa shape index (κ1) is 43.3. The van der Waals surface area contributed by atoms with Gasteiger partial charge in [0.05, 0.1) is 0 Å². The van der Waals surface area contributed by atoms with E-state index in [9.17, 15) is 0 Å². The van der Waals surface area contributed by atoms with Gasteiger partial charge >= 0.3 is 0 Å². The van der Waals surface area contributed by atoms with Crippen LogP contribution in [0.3, 0.4) is 0 Å². The third kappa shape index (κ3) is 7.15. The number of thiophene rings is 1. The second-order valence-corrected chi connectivity index (χ2v) is 21.4. The molecule has 13 aromatic rings. The molecule has 15 rings (SSSR count). The number of rotatable bonds is 6. The predicted molar refractivity (Wildman–Crippen MR) is 319 cm³/mol. The van der Waals surface area contributed by atoms with Crippen LogP contribution in [0.25, 0.3) is 86.6 Å². The highest BCUT2D eigenvalue weighted by Crippen LogP contribution is 2.56. The van der Waals surface area contributed by atoms with Crippen molar-refractivity contribution in [2.75, 3.05) is 9.80 Å². The van der Waals surface area contributed by atoms with Gasteiger partial charge in [-0.05, 0) is 199 Å². The fourth-order valence-corrected chi connectivity index (χ4v) is 13.3. The molecule has 12 aromatic carbocycles. The van der Waals surface area contributed by atoms with Crippen LogP contribution in [0, 0.1) is 0 Å². The molecule has 1 aliphatic heterocycles. The van der Waals surface area contributed by atoms with Crippen LogP contribution in [0.1, 0.15) is 23.6 Å². The zero-order chi connectivity index (χ0) is 49.6. The molecule has 0 radical (unpaired) electrons. The Labute approximate surface area is 441 Å². The molecule has 3 heteroatoms. The van der Waals surface area contributed by atoms with Crippen molar-refractivity contribution in [1.29, 1.82) is 0 Å². The maximum absolute atomic E-state index is 2.50. The van der Waals surface area contributed by atoms with Crippen LogP contribution in [-0.2, 0) is 5.41 Å². The molecule has 352 valence electrons. The summed E-state index contributed by atoms with van der Waals surface area (Å²) in [5.74, 6) is 0. The molecule has 2 aliphatic rings. The summed E-state index contributed by atoms with van der Waals surface area (Å²) < 4.78 is 2.57. The van der Waals surface area contributed by atoms with E-state index in [-0.39, 0.29) is 0 Å². The summed E-state index contributed by atoms with van der Waals surface area (Å²) in [6.45, 7) is 2.46. The first-order valence-electron chi connectivity index (χ1n) is 25.9. The van der Waals surface area contributed by atoms with Gasteiger partial charge in [-0.15, -0.1) is 11.3 Å². The van der Waals surface area contributed by atoms with Gasteiger partial charge in [0.15, 0.2) is 0 Å². The second kappa shape index (κ2) is 17.2. The average molecular weight is 973 g/mol. The Balaban J connectivity index is 1.05. The molecule has 1 aromatic heterocycles. The van der Waals surface area contributed by atoms with Crippen LogP contribution in [0.2, 0.25) is 0 Å². The molecule has 0 saturated heterocycles. The molecule has 0 fully saturated rings. The van der Waals surface area contributed by atoms with E-state index in [4.69, 9.17) is 0 Å². The number of benzene rings is 12. The zero-order valence-electron chi connectivity index (χ0n) is 41.3. The quantitative estimate of drug-likeness (QED) is 0.164. The minimum atomic E-state index is -0.455. The molecule has 0 spiro atoms. The lowest BCUT2D eigenvalue weighted by Gasteiger charge is -2.32. The van der Waals surface area contributed by atoms with E-state index in [1.165, 1.54) is 75.5 Å². The largest absolute Gasteiger partial charge is 0.310 e. The van der Waals surface area contributed by atoms with Crippen molar-refractivity contribution in [2.45, 2.75) is 12.3 Å². The van der Waals surface area contributed by atoms with Crippen molar-refractivity contribution in [3.05, 3.63) is 290 Å². The molecule has 2 nitrogen and oxygen atoms in total. The summed E-state index contributed by atoms with van der Waals surface area (Å²) in [6.07, 6.45) is 0. The van der Waals surface area contributed by atoms with Gasteiger partial charge < -0.3 is 9.80 Å². The number of hydrogen-bond acceptors (Lipinski definition) is 3. The van der Waals surface area contributed by atoms with E-state index in [0.29, 0.717) is 0 Å². The fraction of sp³-hybridized carbons (Fsp3) is 0.0278. The Morgan fingerprint density at radius 1 is 0.320 bits per heavy atom. The number of anilines is 6. The summed E-state index contributed by atoms with van der Waals surface area (Å²) in [5.41, 5.74) is 21.8. The molecular weight excluding hydrogens is 925 g/mol. The van der Waals surface area contributed by atoms with Gasteiger partial charge in [-0.25, -0.2) is 0 Å². The summed E-state index contributed by atoms with van der Waals surface area (Å²) >= 11 is 1.86. The first-order valence-corrected chi connectivity index (χ1v) is 26.7. The lowest BCUT2D eigenvalue weighted by molar-refractivity contribution is 0.715. The van der Waals surface area contributed by atoms with Gasteiger partial charge in [-0.1, -0.05) is 164 Å². The molecular formula is C72H48N2S. The van der Waals surface area contributed by atoms with Crippen LogP contribution in [0.15, 0.2) is 273 Å². The van der Waals surface area contributed by atoms with Crippen molar-refractivity contribution in [3.8, 4) is 55.6 Å². The zero-order valence-corrected chi connectivity index (χ0v) is 42.1. The van der Waals surface area contributed by atoms with Gasteiger partial charge in [-0.3, -0.25) is 0 Å². The van der Waals surface area contributed by atoms with E-state index in [2.05, 4.69) is 290 Å². The normalized spacial score (nSPS) is 14.2. The van der Waals surface area contributed by atoms with E-state index in [0.717, 1.165) is 61.9 Å². The number of para-hydroxylation sites is 1. The lowest BCUT2D eigenvalue weighted by atomic mass is 9.73. The van der Waals surface area contributed by atoms with E-state index in [1.807, 2.05) is 11.3 Å². The molecule has 0 amide bonds. The van der Waals surface area contributed by atoms with Gasteiger partial charge in [0, 0.05) is 59.7 Å². The van der Waals surface area contributed by atoms with E-state index >= 15 is 0 Å². The summed E-state index contributed by atoms with van der Waals surface area (Å²) in [5, 5.41) is 5.04. The Morgan fingerprint density at radius 2 is 0.880 bits per heavy atom. The Kier molecular flexibility index (Phi) is 9.91. The third-order valence-corrected chi connectivity index (χ3v) is 17.1. The number of hydrogen-bond donors (Lipinski definition) is 0. The first-order chi connectivity index (χ1) is 37.0. The standard InChI is InChI=1S/C72H48N2S/c1-72-57-25-15-23-49(36-57)55-35-54(48-19-7-3-8-20-48)38-61(39-55)73(58-26-9-4-10-27-58)62-40-56(53-31-33-64(68(72)44-53)66-42-51-21-11-12-22-52(51)43-69(66)72)41-63(45-62)74(59-28-16-24-50(37-59)47-17-5-2-6-18-47)60-32-34-71-67(46-60)65-29-13-14-30-70(65)75-71/h2-46H,1H3. The van der Waals surface area contributed by atoms with Crippen LogP contribution >= 0.6 is 11.3 Å². The molecule has 0 N–H and O–H groups in total. The maximum atomic E-state index is 2.50. The average Bonchev–Trinajstić information content (AvgIpc) is 4.01. The molecule has 1 aliphatic carbocycles. The SMILES string of the molecule is CC12c3cccc(c3)-c3cc(-c4ccccc4)cc(c3)N(c3ccccc3)c3cc(cc(N(c4cccc(-c5ccccc5)c4)c4ccc5sc6ccccc6c5c4)c3)-c3ccc(c1c3)-c1cc3ccccc3cc12. The van der Waals surface area contributed by atoms with Gasteiger partial charge in [0.25, 0.3) is 0 Å². The van der Waals surface area contributed by atoms with Crippen molar-refractivity contribution in [3.63, 3.8) is 0 Å². The van der Waals surface area contributed by atoms with Crippen molar-refractivity contribution in [1.82, 2.24) is 0 Å². The molecule has 1 unspecified atom stereocenters. The maximum Gasteiger partial charge on any atom is 0.0488 e. The van der Waals surface area contributed by atoms with E-state index < -0.39 is 5.41 Å².